The maximum absolute atomic E-state index is 13.2. The first-order valence-electron chi connectivity index (χ1n) is 16.3. The number of unbranched alkanes of at least 4 members (excludes halogenated alkanes) is 3. The molecule has 0 aromatic heterocycles. The van der Waals surface area contributed by atoms with E-state index in [9.17, 15) is 4.79 Å². The molecule has 0 aliphatic carbocycles. The normalized spacial score (nSPS) is 15.0. The molecule has 0 fully saturated rings. The van der Waals surface area contributed by atoms with Crippen LogP contribution in [0.2, 0.25) is 0 Å². The SMILES string of the molecule is CCCCCC(C(C)(C)C)C(C)(C)OB(OC)C(CC(C)C)/N=C(\N)[C@H](CNC)NC(=O)c1ccc(CCCC)cc1. The van der Waals surface area contributed by atoms with E-state index >= 15 is 0 Å². The highest BCUT2D eigenvalue weighted by Gasteiger charge is 2.43. The van der Waals surface area contributed by atoms with Crippen molar-refractivity contribution in [3.05, 3.63) is 35.4 Å². The van der Waals surface area contributed by atoms with Crippen LogP contribution in [-0.4, -0.2) is 57.1 Å². The number of rotatable bonds is 20. The van der Waals surface area contributed by atoms with Crippen LogP contribution >= 0.6 is 0 Å². The monoisotopic (exact) mass is 586 g/mol. The molecule has 0 radical (unpaired) electrons. The molecule has 240 valence electrons. The Balaban J connectivity index is 3.22. The van der Waals surface area contributed by atoms with Crippen LogP contribution in [0.15, 0.2) is 29.3 Å². The number of hydrogen-bond acceptors (Lipinski definition) is 5. The van der Waals surface area contributed by atoms with E-state index < -0.39 is 18.8 Å². The molecule has 3 atom stereocenters. The number of amides is 1. The maximum atomic E-state index is 13.2. The van der Waals surface area contributed by atoms with E-state index in [-0.39, 0.29) is 17.3 Å². The second kappa shape index (κ2) is 18.7. The molecule has 1 rings (SSSR count). The molecule has 0 saturated carbocycles. The molecular weight excluding hydrogens is 523 g/mol. The number of nitrogens with two attached hydrogens (primary N) is 1. The number of likely N-dealkylation sites (N-methyl/N-ethyl adjacent to an activating group) is 1. The lowest BCUT2D eigenvalue weighted by atomic mass is 9.67. The zero-order valence-corrected chi connectivity index (χ0v) is 28.8. The van der Waals surface area contributed by atoms with E-state index in [0.29, 0.717) is 29.8 Å². The summed E-state index contributed by atoms with van der Waals surface area (Å²) in [6.07, 6.45) is 8.73. The van der Waals surface area contributed by atoms with Gasteiger partial charge >= 0.3 is 7.12 Å². The van der Waals surface area contributed by atoms with Gasteiger partial charge in [-0.3, -0.25) is 9.79 Å². The fourth-order valence-electron chi connectivity index (χ4n) is 5.96. The Labute approximate surface area is 258 Å². The van der Waals surface area contributed by atoms with Crippen LogP contribution < -0.4 is 16.4 Å². The first kappa shape index (κ1) is 38.1. The van der Waals surface area contributed by atoms with Gasteiger partial charge in [0, 0.05) is 19.2 Å². The average Bonchev–Trinajstić information content (AvgIpc) is 2.91. The Morgan fingerprint density at radius 3 is 2.14 bits per heavy atom. The van der Waals surface area contributed by atoms with Gasteiger partial charge in [-0.2, -0.15) is 0 Å². The molecule has 1 amide bonds. The highest BCUT2D eigenvalue weighted by molar-refractivity contribution is 6.47. The molecule has 0 aliphatic heterocycles. The van der Waals surface area contributed by atoms with Gasteiger partial charge < -0.3 is 25.7 Å². The minimum atomic E-state index is -0.571. The summed E-state index contributed by atoms with van der Waals surface area (Å²) in [6, 6.07) is 7.36. The van der Waals surface area contributed by atoms with E-state index in [1.807, 2.05) is 31.3 Å². The number of nitrogens with zero attached hydrogens (tertiary/aromatic N) is 1. The zero-order valence-electron chi connectivity index (χ0n) is 28.8. The summed E-state index contributed by atoms with van der Waals surface area (Å²) in [6.45, 7) is 20.4. The van der Waals surface area contributed by atoms with Crippen molar-refractivity contribution in [2.24, 2.45) is 28.0 Å². The Kier molecular flexibility index (Phi) is 17.0. The van der Waals surface area contributed by atoms with Crippen LogP contribution in [-0.2, 0) is 15.7 Å². The Morgan fingerprint density at radius 2 is 1.64 bits per heavy atom. The molecule has 0 bridgehead atoms. The van der Waals surface area contributed by atoms with Crippen molar-refractivity contribution in [1.29, 1.82) is 0 Å². The first-order chi connectivity index (χ1) is 19.7. The number of hydrogen-bond donors (Lipinski definition) is 3. The smallest absolute Gasteiger partial charge is 0.413 e. The fraction of sp³-hybridized carbons (Fsp3) is 0.765. The topological polar surface area (TPSA) is 98.0 Å². The van der Waals surface area contributed by atoms with Crippen molar-refractivity contribution in [2.75, 3.05) is 20.7 Å². The predicted octanol–water partition coefficient (Wildman–Crippen LogP) is 6.83. The molecule has 4 N–H and O–H groups in total. The molecule has 8 heteroatoms. The summed E-state index contributed by atoms with van der Waals surface area (Å²) in [5.41, 5.74) is 8.12. The van der Waals surface area contributed by atoms with E-state index in [2.05, 4.69) is 72.9 Å². The number of carbonyl (C=O) groups is 1. The molecule has 0 aliphatic rings. The van der Waals surface area contributed by atoms with Gasteiger partial charge in [-0.25, -0.2) is 0 Å². The van der Waals surface area contributed by atoms with Crippen LogP contribution in [0, 0.1) is 17.3 Å². The Hall–Kier alpha value is -1.90. The van der Waals surface area contributed by atoms with E-state index in [0.717, 1.165) is 32.1 Å². The fourth-order valence-corrected chi connectivity index (χ4v) is 5.96. The third-order valence-corrected chi connectivity index (χ3v) is 8.08. The van der Waals surface area contributed by atoms with E-state index in [1.165, 1.54) is 24.8 Å². The standard InChI is InChI=1S/C34H63BN4O3/c1-12-14-16-18-29(33(5,6)7)34(8,9)42-35(41-11)30(23-25(3)4)39-31(36)28(24-37-10)38-32(40)27-21-19-26(20-22-27)17-15-13-2/h19-22,25,28-30,37H,12-18,23-24H2,1-11H3,(H2,36,39)(H,38,40)/t28-,29?,30?/m0/s1. The van der Waals surface area contributed by atoms with Crippen molar-refractivity contribution in [3.8, 4) is 0 Å². The minimum absolute atomic E-state index is 0.0712. The highest BCUT2D eigenvalue weighted by Crippen LogP contribution is 2.41. The van der Waals surface area contributed by atoms with Gasteiger partial charge in [0.1, 0.15) is 5.84 Å². The van der Waals surface area contributed by atoms with Gasteiger partial charge in [0.15, 0.2) is 0 Å². The number of aliphatic imine (C=N–C) groups is 1. The van der Waals surface area contributed by atoms with Crippen LogP contribution in [0.1, 0.15) is 123 Å². The first-order valence-corrected chi connectivity index (χ1v) is 16.3. The summed E-state index contributed by atoms with van der Waals surface area (Å²) >= 11 is 0. The van der Waals surface area contributed by atoms with Crippen molar-refractivity contribution in [1.82, 2.24) is 10.6 Å². The van der Waals surface area contributed by atoms with Crippen molar-refractivity contribution in [2.45, 2.75) is 131 Å². The molecule has 0 spiro atoms. The number of carbonyl (C=O) groups excluding carboxylic acids is 1. The van der Waals surface area contributed by atoms with E-state index in [4.69, 9.17) is 20.0 Å². The van der Waals surface area contributed by atoms with Crippen LogP contribution in [0.25, 0.3) is 0 Å². The van der Waals surface area contributed by atoms with Crippen molar-refractivity contribution < 1.29 is 14.1 Å². The lowest BCUT2D eigenvalue weighted by Gasteiger charge is -2.45. The molecule has 1 aromatic rings. The van der Waals surface area contributed by atoms with E-state index in [1.54, 1.807) is 7.11 Å². The molecule has 42 heavy (non-hydrogen) atoms. The largest absolute Gasteiger partial charge is 0.483 e. The molecule has 7 nitrogen and oxygen atoms in total. The maximum Gasteiger partial charge on any atom is 0.483 e. The predicted molar refractivity (Wildman–Crippen MR) is 180 cm³/mol. The Bertz CT molecular complexity index is 928. The third-order valence-electron chi connectivity index (χ3n) is 8.08. The number of nitrogens with one attached hydrogen (secondary N) is 2. The highest BCUT2D eigenvalue weighted by atomic mass is 16.6. The lowest BCUT2D eigenvalue weighted by Crippen LogP contribution is -2.52. The summed E-state index contributed by atoms with van der Waals surface area (Å²) in [5.74, 6) is 0.556. The van der Waals surface area contributed by atoms with Crippen LogP contribution in [0.4, 0.5) is 0 Å². The van der Waals surface area contributed by atoms with Gasteiger partial charge in [0.2, 0.25) is 0 Å². The van der Waals surface area contributed by atoms with Crippen molar-refractivity contribution in [3.63, 3.8) is 0 Å². The van der Waals surface area contributed by atoms with Crippen LogP contribution in [0.3, 0.4) is 0 Å². The molecule has 0 heterocycles. The summed E-state index contributed by atoms with van der Waals surface area (Å²) < 4.78 is 12.8. The van der Waals surface area contributed by atoms with Gasteiger partial charge in [0.25, 0.3) is 5.91 Å². The zero-order chi connectivity index (χ0) is 31.9. The van der Waals surface area contributed by atoms with Crippen molar-refractivity contribution >= 4 is 18.9 Å². The summed E-state index contributed by atoms with van der Waals surface area (Å²) in [4.78, 5) is 18.2. The third kappa shape index (κ3) is 13.2. The Morgan fingerprint density at radius 1 is 1.02 bits per heavy atom. The van der Waals surface area contributed by atoms with Gasteiger partial charge in [0.05, 0.1) is 17.6 Å². The molecular formula is C34H63BN4O3. The van der Waals surface area contributed by atoms with Gasteiger partial charge in [-0.15, -0.1) is 0 Å². The molecule has 2 unspecified atom stereocenters. The van der Waals surface area contributed by atoms with Gasteiger partial charge in [-0.05, 0) is 81.5 Å². The number of amidine groups is 1. The number of aryl methyl sites for hydroxylation is 1. The molecule has 1 aromatic carbocycles. The summed E-state index contributed by atoms with van der Waals surface area (Å²) in [5, 5.41) is 6.24. The number of benzene rings is 1. The summed E-state index contributed by atoms with van der Waals surface area (Å²) in [7, 11) is 2.95. The lowest BCUT2D eigenvalue weighted by molar-refractivity contribution is -0.0353. The second-order valence-electron chi connectivity index (χ2n) is 13.9. The molecule has 0 saturated heterocycles. The quantitative estimate of drug-likeness (QED) is 0.0673. The minimum Gasteiger partial charge on any atom is -0.413 e. The van der Waals surface area contributed by atoms with Gasteiger partial charge in [-0.1, -0.05) is 86.3 Å². The second-order valence-corrected chi connectivity index (χ2v) is 13.9. The average molecular weight is 587 g/mol. The van der Waals surface area contributed by atoms with Crippen LogP contribution in [0.5, 0.6) is 0 Å².